The SMILES string of the molecule is COc1ccc(C(=O)/C=C/c2ccc(OC)c(COc3cc(C)ccc3[N+](=O)[O-])c2)cc1. The highest BCUT2D eigenvalue weighted by Gasteiger charge is 2.16. The van der Waals surface area contributed by atoms with Gasteiger partial charge in [-0.1, -0.05) is 18.2 Å². The Bertz CT molecular complexity index is 1150. The van der Waals surface area contributed by atoms with Crippen molar-refractivity contribution in [2.75, 3.05) is 14.2 Å². The Labute approximate surface area is 186 Å². The van der Waals surface area contributed by atoms with E-state index in [4.69, 9.17) is 14.2 Å². The lowest BCUT2D eigenvalue weighted by Gasteiger charge is -2.12. The Hall–Kier alpha value is -4.13. The summed E-state index contributed by atoms with van der Waals surface area (Å²) in [7, 11) is 3.11. The Balaban J connectivity index is 1.78. The van der Waals surface area contributed by atoms with Gasteiger partial charge in [-0.05, 0) is 66.6 Å². The molecule has 0 radical (unpaired) electrons. The summed E-state index contributed by atoms with van der Waals surface area (Å²) in [5.74, 6) is 1.31. The van der Waals surface area contributed by atoms with Crippen LogP contribution in [-0.4, -0.2) is 24.9 Å². The van der Waals surface area contributed by atoms with Crippen LogP contribution in [0.25, 0.3) is 6.08 Å². The summed E-state index contributed by atoms with van der Waals surface area (Å²) in [6.07, 6.45) is 3.18. The molecule has 0 bridgehead atoms. The van der Waals surface area contributed by atoms with Crippen LogP contribution in [0.3, 0.4) is 0 Å². The molecule has 0 aromatic heterocycles. The van der Waals surface area contributed by atoms with E-state index >= 15 is 0 Å². The predicted molar refractivity (Wildman–Crippen MR) is 122 cm³/mol. The molecule has 32 heavy (non-hydrogen) atoms. The first-order chi connectivity index (χ1) is 15.4. The molecule has 0 fully saturated rings. The predicted octanol–water partition coefficient (Wildman–Crippen LogP) is 5.40. The summed E-state index contributed by atoms with van der Waals surface area (Å²) in [6, 6.07) is 17.0. The van der Waals surface area contributed by atoms with Crippen molar-refractivity contribution in [2.45, 2.75) is 13.5 Å². The van der Waals surface area contributed by atoms with Gasteiger partial charge in [0.1, 0.15) is 18.1 Å². The molecule has 3 aromatic carbocycles. The molecule has 0 amide bonds. The molecule has 0 aliphatic carbocycles. The van der Waals surface area contributed by atoms with Crippen molar-refractivity contribution in [1.82, 2.24) is 0 Å². The monoisotopic (exact) mass is 433 g/mol. The molecule has 3 rings (SSSR count). The number of ether oxygens (including phenoxy) is 3. The van der Waals surface area contributed by atoms with E-state index in [0.29, 0.717) is 22.6 Å². The number of nitrogens with zero attached hydrogens (tertiary/aromatic N) is 1. The first-order valence-corrected chi connectivity index (χ1v) is 9.82. The van der Waals surface area contributed by atoms with Gasteiger partial charge in [0.25, 0.3) is 0 Å². The van der Waals surface area contributed by atoms with Crippen molar-refractivity contribution in [3.05, 3.63) is 99.1 Å². The Morgan fingerprint density at radius 3 is 2.38 bits per heavy atom. The van der Waals surface area contributed by atoms with E-state index in [1.165, 1.54) is 19.3 Å². The number of allylic oxidation sites excluding steroid dienone is 1. The third-order valence-corrected chi connectivity index (χ3v) is 4.80. The van der Waals surface area contributed by atoms with Crippen LogP contribution >= 0.6 is 0 Å². The van der Waals surface area contributed by atoms with Gasteiger partial charge in [-0.2, -0.15) is 0 Å². The van der Waals surface area contributed by atoms with Crippen LogP contribution in [-0.2, 0) is 6.61 Å². The van der Waals surface area contributed by atoms with E-state index in [2.05, 4.69) is 0 Å². The van der Waals surface area contributed by atoms with Crippen LogP contribution in [0.2, 0.25) is 0 Å². The van der Waals surface area contributed by atoms with Gasteiger partial charge in [-0.15, -0.1) is 0 Å². The maximum atomic E-state index is 12.4. The van der Waals surface area contributed by atoms with Crippen LogP contribution in [0.4, 0.5) is 5.69 Å². The van der Waals surface area contributed by atoms with Gasteiger partial charge in [0.15, 0.2) is 11.5 Å². The van der Waals surface area contributed by atoms with Crippen molar-refractivity contribution in [3.63, 3.8) is 0 Å². The fourth-order valence-corrected chi connectivity index (χ4v) is 3.08. The number of carbonyl (C=O) groups is 1. The normalized spacial score (nSPS) is 10.7. The molecule has 3 aromatic rings. The second kappa shape index (κ2) is 10.3. The lowest BCUT2D eigenvalue weighted by Crippen LogP contribution is -2.02. The first kappa shape index (κ1) is 22.6. The summed E-state index contributed by atoms with van der Waals surface area (Å²) in [4.78, 5) is 23.2. The van der Waals surface area contributed by atoms with E-state index < -0.39 is 4.92 Å². The number of methoxy groups -OCH3 is 2. The van der Waals surface area contributed by atoms with Crippen molar-refractivity contribution in [3.8, 4) is 17.2 Å². The number of aryl methyl sites for hydroxylation is 1. The minimum absolute atomic E-state index is 0.0710. The number of rotatable bonds is 9. The van der Waals surface area contributed by atoms with E-state index in [1.54, 1.807) is 55.7 Å². The number of nitro groups is 1. The summed E-state index contributed by atoms with van der Waals surface area (Å²) in [5.41, 5.74) is 2.76. The molecule has 0 unspecified atom stereocenters. The molecule has 7 heteroatoms. The maximum absolute atomic E-state index is 12.4. The summed E-state index contributed by atoms with van der Waals surface area (Å²) < 4.78 is 16.2. The third-order valence-electron chi connectivity index (χ3n) is 4.80. The van der Waals surface area contributed by atoms with Crippen molar-refractivity contribution in [1.29, 1.82) is 0 Å². The van der Waals surface area contributed by atoms with Crippen molar-refractivity contribution in [2.24, 2.45) is 0 Å². The largest absolute Gasteiger partial charge is 0.497 e. The fraction of sp³-hybridized carbons (Fsp3) is 0.160. The second-order valence-corrected chi connectivity index (χ2v) is 7.01. The molecule has 0 saturated carbocycles. The number of carbonyl (C=O) groups excluding carboxylic acids is 1. The minimum atomic E-state index is -0.476. The molecule has 0 saturated heterocycles. The highest BCUT2D eigenvalue weighted by molar-refractivity contribution is 6.06. The highest BCUT2D eigenvalue weighted by Crippen LogP contribution is 2.30. The molecule has 7 nitrogen and oxygen atoms in total. The Morgan fingerprint density at radius 1 is 0.969 bits per heavy atom. The van der Waals surface area contributed by atoms with Gasteiger partial charge >= 0.3 is 5.69 Å². The van der Waals surface area contributed by atoms with E-state index in [1.807, 2.05) is 19.1 Å². The number of ketones is 1. The quantitative estimate of drug-likeness (QED) is 0.194. The van der Waals surface area contributed by atoms with Gasteiger partial charge in [0.2, 0.25) is 0 Å². The fourth-order valence-electron chi connectivity index (χ4n) is 3.08. The molecular weight excluding hydrogens is 410 g/mol. The van der Waals surface area contributed by atoms with E-state index in [9.17, 15) is 14.9 Å². The number of benzene rings is 3. The molecule has 0 aliphatic rings. The van der Waals surface area contributed by atoms with Crippen molar-refractivity contribution < 1.29 is 23.9 Å². The number of hydrogen-bond donors (Lipinski definition) is 0. The molecule has 0 spiro atoms. The number of hydrogen-bond acceptors (Lipinski definition) is 6. The summed E-state index contributed by atoms with van der Waals surface area (Å²) in [5, 5.41) is 11.3. The van der Waals surface area contributed by atoms with Gasteiger partial charge < -0.3 is 14.2 Å². The average Bonchev–Trinajstić information content (AvgIpc) is 2.81. The lowest BCUT2D eigenvalue weighted by molar-refractivity contribution is -0.386. The van der Waals surface area contributed by atoms with E-state index in [0.717, 1.165) is 11.1 Å². The summed E-state index contributed by atoms with van der Waals surface area (Å²) in [6.45, 7) is 1.91. The zero-order valence-electron chi connectivity index (χ0n) is 18.0. The lowest BCUT2D eigenvalue weighted by atomic mass is 10.1. The number of nitro benzene ring substituents is 1. The van der Waals surface area contributed by atoms with Crippen LogP contribution in [0.1, 0.15) is 27.0 Å². The minimum Gasteiger partial charge on any atom is -0.497 e. The van der Waals surface area contributed by atoms with Crippen LogP contribution in [0.15, 0.2) is 66.7 Å². The van der Waals surface area contributed by atoms with Gasteiger partial charge in [-0.25, -0.2) is 0 Å². The molecule has 0 aliphatic heterocycles. The van der Waals surface area contributed by atoms with Crippen LogP contribution < -0.4 is 14.2 Å². The molecule has 164 valence electrons. The topological polar surface area (TPSA) is 87.9 Å². The zero-order valence-corrected chi connectivity index (χ0v) is 18.0. The zero-order chi connectivity index (χ0) is 23.1. The summed E-state index contributed by atoms with van der Waals surface area (Å²) >= 11 is 0. The third kappa shape index (κ3) is 5.51. The van der Waals surface area contributed by atoms with Crippen molar-refractivity contribution >= 4 is 17.5 Å². The molecule has 0 atom stereocenters. The van der Waals surface area contributed by atoms with Crippen LogP contribution in [0.5, 0.6) is 17.2 Å². The second-order valence-electron chi connectivity index (χ2n) is 7.01. The first-order valence-electron chi connectivity index (χ1n) is 9.82. The molecular formula is C25H23NO6. The van der Waals surface area contributed by atoms with Gasteiger partial charge in [-0.3, -0.25) is 14.9 Å². The van der Waals surface area contributed by atoms with E-state index in [-0.39, 0.29) is 23.8 Å². The molecule has 0 heterocycles. The Kier molecular flexibility index (Phi) is 7.23. The van der Waals surface area contributed by atoms with Gasteiger partial charge in [0, 0.05) is 17.2 Å². The average molecular weight is 433 g/mol. The smallest absolute Gasteiger partial charge is 0.310 e. The molecule has 0 N–H and O–H groups in total. The van der Waals surface area contributed by atoms with Crippen LogP contribution in [0, 0.1) is 17.0 Å². The van der Waals surface area contributed by atoms with Gasteiger partial charge in [0.05, 0.1) is 19.1 Å². The highest BCUT2D eigenvalue weighted by atomic mass is 16.6. The Morgan fingerprint density at radius 2 is 1.72 bits per heavy atom. The standard InChI is InChI=1S/C25H23NO6/c1-17-4-11-22(26(28)29)25(14-17)32-16-20-15-18(6-13-24(20)31-3)5-12-23(27)19-7-9-21(30-2)10-8-19/h4-15H,16H2,1-3H3/b12-5+. The maximum Gasteiger partial charge on any atom is 0.310 e.